The highest BCUT2D eigenvalue weighted by Gasteiger charge is 2.19. The number of hydrogen-bond acceptors (Lipinski definition) is 4. The maximum Gasteiger partial charge on any atom is 0.351 e. The number of nitrogens with one attached hydrogen (secondary N) is 1. The Morgan fingerprint density at radius 3 is 2.41 bits per heavy atom. The third-order valence-corrected chi connectivity index (χ3v) is 4.06. The highest BCUT2D eigenvalue weighted by atomic mass is 35.5. The fourth-order valence-corrected chi connectivity index (χ4v) is 2.72. The van der Waals surface area contributed by atoms with Gasteiger partial charge in [-0.05, 0) is 12.1 Å². The van der Waals surface area contributed by atoms with Gasteiger partial charge < -0.3 is 11.1 Å². The zero-order valence-corrected chi connectivity index (χ0v) is 14.9. The molecule has 0 spiro atoms. The third-order valence-electron chi connectivity index (χ3n) is 3.74. The first-order valence-corrected chi connectivity index (χ1v) is 8.40. The molecule has 0 saturated carbocycles. The molecule has 1 aromatic heterocycles. The highest BCUT2D eigenvalue weighted by molar-refractivity contribution is 6.32. The van der Waals surface area contributed by atoms with Crippen LogP contribution < -0.4 is 16.7 Å². The Bertz CT molecular complexity index is 1040. The number of amides is 2. The van der Waals surface area contributed by atoms with Crippen LogP contribution in [-0.2, 0) is 16.1 Å². The Morgan fingerprint density at radius 2 is 1.74 bits per heavy atom. The molecule has 3 aromatic rings. The summed E-state index contributed by atoms with van der Waals surface area (Å²) in [4.78, 5) is 35.9. The third kappa shape index (κ3) is 4.06. The number of rotatable bonds is 6. The molecule has 27 heavy (non-hydrogen) atoms. The molecule has 138 valence electrons. The van der Waals surface area contributed by atoms with Crippen LogP contribution in [0, 0.1) is 0 Å². The smallest absolute Gasteiger partial charge is 0.351 e. The van der Waals surface area contributed by atoms with Gasteiger partial charge in [0.1, 0.15) is 6.54 Å². The van der Waals surface area contributed by atoms with Gasteiger partial charge in [-0.3, -0.25) is 14.2 Å². The van der Waals surface area contributed by atoms with Gasteiger partial charge >= 0.3 is 5.69 Å². The lowest BCUT2D eigenvalue weighted by Crippen LogP contribution is -2.37. The number of aromatic nitrogens is 3. The number of primary amides is 1. The average molecular weight is 386 g/mol. The molecule has 3 N–H and O–H groups in total. The van der Waals surface area contributed by atoms with Crippen molar-refractivity contribution in [1.82, 2.24) is 19.7 Å². The van der Waals surface area contributed by atoms with Crippen molar-refractivity contribution < 1.29 is 9.59 Å². The molecule has 0 bridgehead atoms. The molecule has 0 aliphatic carbocycles. The van der Waals surface area contributed by atoms with Crippen LogP contribution in [0.1, 0.15) is 0 Å². The summed E-state index contributed by atoms with van der Waals surface area (Å²) in [6.07, 6.45) is 0. The summed E-state index contributed by atoms with van der Waals surface area (Å²) in [6, 6.07) is 15.7. The normalized spacial score (nSPS) is 10.6. The summed E-state index contributed by atoms with van der Waals surface area (Å²) in [6.45, 7) is -0.631. The monoisotopic (exact) mass is 385 g/mol. The topological polar surface area (TPSA) is 112 Å². The van der Waals surface area contributed by atoms with E-state index in [9.17, 15) is 14.4 Å². The number of hydrogen-bond donors (Lipinski definition) is 2. The quantitative estimate of drug-likeness (QED) is 0.658. The molecule has 1 heterocycles. The predicted molar refractivity (Wildman–Crippen MR) is 100 cm³/mol. The number of nitrogens with zero attached hydrogens (tertiary/aromatic N) is 3. The molecule has 0 saturated heterocycles. The van der Waals surface area contributed by atoms with E-state index in [0.29, 0.717) is 22.1 Å². The Kier molecular flexibility index (Phi) is 5.37. The van der Waals surface area contributed by atoms with Crippen LogP contribution in [0.2, 0.25) is 5.02 Å². The van der Waals surface area contributed by atoms with E-state index >= 15 is 0 Å². The average Bonchev–Trinajstić information content (AvgIpc) is 2.98. The lowest BCUT2D eigenvalue weighted by atomic mass is 10.2. The molecule has 0 unspecified atom stereocenters. The number of nitrogens with two attached hydrogens (primary N) is 1. The number of carbonyl (C=O) groups is 2. The first-order valence-electron chi connectivity index (χ1n) is 8.02. The molecule has 0 radical (unpaired) electrons. The molecule has 0 aliphatic rings. The Hall–Kier alpha value is -3.39. The van der Waals surface area contributed by atoms with Crippen LogP contribution >= 0.6 is 11.6 Å². The first-order chi connectivity index (χ1) is 13.0. The van der Waals surface area contributed by atoms with Gasteiger partial charge in [-0.2, -0.15) is 4.68 Å². The van der Waals surface area contributed by atoms with Crippen molar-refractivity contribution in [3.8, 4) is 17.1 Å². The molecule has 0 atom stereocenters. The molecular formula is C18H16ClN5O3. The Labute approximate surface area is 159 Å². The highest BCUT2D eigenvalue weighted by Crippen LogP contribution is 2.20. The van der Waals surface area contributed by atoms with Crippen molar-refractivity contribution in [1.29, 1.82) is 0 Å². The van der Waals surface area contributed by atoms with Gasteiger partial charge in [-0.25, -0.2) is 4.79 Å². The standard InChI is InChI=1S/C18H16ClN5O3/c19-13-8-4-5-9-14(13)24-18(27)23(11-16(26)21-10-15(20)25)17(22-24)12-6-2-1-3-7-12/h1-9H,10-11H2,(H2,20,25)(H,21,26). The largest absolute Gasteiger partial charge is 0.368 e. The fourth-order valence-electron chi connectivity index (χ4n) is 2.51. The second kappa shape index (κ2) is 7.88. The van der Waals surface area contributed by atoms with Gasteiger partial charge in [0.25, 0.3) is 0 Å². The van der Waals surface area contributed by atoms with Crippen LogP contribution in [0.25, 0.3) is 17.1 Å². The van der Waals surface area contributed by atoms with Crippen LogP contribution in [0.3, 0.4) is 0 Å². The van der Waals surface area contributed by atoms with Crippen molar-refractivity contribution >= 4 is 23.4 Å². The van der Waals surface area contributed by atoms with E-state index in [2.05, 4.69) is 10.4 Å². The number of carbonyl (C=O) groups excluding carboxylic acids is 2. The molecule has 0 aliphatic heterocycles. The van der Waals surface area contributed by atoms with Crippen molar-refractivity contribution in [2.75, 3.05) is 6.54 Å². The lowest BCUT2D eigenvalue weighted by molar-refractivity contribution is -0.125. The zero-order valence-electron chi connectivity index (χ0n) is 14.1. The minimum absolute atomic E-state index is 0.301. The minimum Gasteiger partial charge on any atom is -0.368 e. The van der Waals surface area contributed by atoms with E-state index in [-0.39, 0.29) is 13.1 Å². The summed E-state index contributed by atoms with van der Waals surface area (Å²) >= 11 is 6.19. The lowest BCUT2D eigenvalue weighted by Gasteiger charge is -2.06. The van der Waals surface area contributed by atoms with E-state index < -0.39 is 17.5 Å². The Balaban J connectivity index is 2.07. The second-order valence-electron chi connectivity index (χ2n) is 5.66. The van der Waals surface area contributed by atoms with E-state index in [1.165, 1.54) is 4.57 Å². The predicted octanol–water partition coefficient (Wildman–Crippen LogP) is 0.956. The van der Waals surface area contributed by atoms with E-state index in [0.717, 1.165) is 4.68 Å². The molecule has 0 fully saturated rings. The number of halogens is 1. The summed E-state index contributed by atoms with van der Waals surface area (Å²) < 4.78 is 2.36. The SMILES string of the molecule is NC(=O)CNC(=O)Cn1c(-c2ccccc2)nn(-c2ccccc2Cl)c1=O. The van der Waals surface area contributed by atoms with Crippen molar-refractivity contribution in [2.24, 2.45) is 5.73 Å². The van der Waals surface area contributed by atoms with Crippen molar-refractivity contribution in [2.45, 2.75) is 6.54 Å². The summed E-state index contributed by atoms with van der Waals surface area (Å²) in [5.74, 6) is -0.910. The van der Waals surface area contributed by atoms with Crippen LogP contribution in [0.15, 0.2) is 59.4 Å². The van der Waals surface area contributed by atoms with Gasteiger partial charge in [0.15, 0.2) is 5.82 Å². The van der Waals surface area contributed by atoms with Crippen molar-refractivity contribution in [3.05, 3.63) is 70.1 Å². The minimum atomic E-state index is -0.675. The molecule has 2 aromatic carbocycles. The molecule has 8 nitrogen and oxygen atoms in total. The van der Waals surface area contributed by atoms with Crippen LogP contribution in [0.5, 0.6) is 0 Å². The second-order valence-corrected chi connectivity index (χ2v) is 6.07. The van der Waals surface area contributed by atoms with E-state index in [1.54, 1.807) is 48.5 Å². The fraction of sp³-hybridized carbons (Fsp3) is 0.111. The summed E-state index contributed by atoms with van der Waals surface area (Å²) in [5.41, 5.74) is 5.55. The van der Waals surface area contributed by atoms with E-state index in [1.807, 2.05) is 6.07 Å². The molecule has 9 heteroatoms. The van der Waals surface area contributed by atoms with Gasteiger partial charge in [0.2, 0.25) is 11.8 Å². The van der Waals surface area contributed by atoms with Gasteiger partial charge in [0.05, 0.1) is 17.3 Å². The Morgan fingerprint density at radius 1 is 1.07 bits per heavy atom. The van der Waals surface area contributed by atoms with Crippen LogP contribution in [0.4, 0.5) is 0 Å². The number of para-hydroxylation sites is 1. The molecule has 3 rings (SSSR count). The van der Waals surface area contributed by atoms with E-state index in [4.69, 9.17) is 17.3 Å². The zero-order chi connectivity index (χ0) is 19.4. The summed E-state index contributed by atoms with van der Waals surface area (Å²) in [5, 5.41) is 7.08. The maximum absolute atomic E-state index is 12.9. The van der Waals surface area contributed by atoms with Gasteiger partial charge in [-0.15, -0.1) is 5.10 Å². The maximum atomic E-state index is 12.9. The van der Waals surface area contributed by atoms with Gasteiger partial charge in [0, 0.05) is 5.56 Å². The first kappa shape index (κ1) is 18.4. The van der Waals surface area contributed by atoms with Gasteiger partial charge in [-0.1, -0.05) is 54.1 Å². The number of benzene rings is 2. The van der Waals surface area contributed by atoms with Crippen molar-refractivity contribution in [3.63, 3.8) is 0 Å². The van der Waals surface area contributed by atoms with Crippen LogP contribution in [-0.4, -0.2) is 32.7 Å². The molecular weight excluding hydrogens is 370 g/mol. The summed E-state index contributed by atoms with van der Waals surface area (Å²) in [7, 11) is 0. The molecule has 2 amide bonds.